The summed E-state index contributed by atoms with van der Waals surface area (Å²) < 4.78 is 5.12. The van der Waals surface area contributed by atoms with E-state index in [1.807, 2.05) is 0 Å². The van der Waals surface area contributed by atoms with Crippen LogP contribution in [0.1, 0.15) is 12.8 Å². The first-order chi connectivity index (χ1) is 5.35. The third kappa shape index (κ3) is 1.13. The molecule has 11 heavy (non-hydrogen) atoms. The van der Waals surface area contributed by atoms with Crippen LogP contribution in [0.15, 0.2) is 4.99 Å². The molecule has 2 aliphatic rings. The standard InChI is InChI=1S/C8H14N2O/c1-11-7-4-8(6-10-7)2-3-9-5-8/h9H,2-6H2,1H3. The van der Waals surface area contributed by atoms with Crippen LogP contribution in [-0.4, -0.2) is 32.6 Å². The average molecular weight is 154 g/mol. The summed E-state index contributed by atoms with van der Waals surface area (Å²) in [7, 11) is 1.71. The van der Waals surface area contributed by atoms with Crippen molar-refractivity contribution < 1.29 is 4.74 Å². The Morgan fingerprint density at radius 2 is 2.55 bits per heavy atom. The Hall–Kier alpha value is -0.570. The molecule has 1 spiro atoms. The van der Waals surface area contributed by atoms with Crippen molar-refractivity contribution in [3.8, 4) is 0 Å². The van der Waals surface area contributed by atoms with Crippen molar-refractivity contribution in [2.75, 3.05) is 26.7 Å². The minimum Gasteiger partial charge on any atom is -0.484 e. The lowest BCUT2D eigenvalue weighted by molar-refractivity contribution is 0.341. The summed E-state index contributed by atoms with van der Waals surface area (Å²) in [4.78, 5) is 4.34. The molecular weight excluding hydrogens is 140 g/mol. The molecule has 2 aliphatic heterocycles. The molecule has 0 aromatic carbocycles. The minimum atomic E-state index is 0.422. The summed E-state index contributed by atoms with van der Waals surface area (Å²) in [5.74, 6) is 0.939. The zero-order valence-corrected chi connectivity index (χ0v) is 6.89. The summed E-state index contributed by atoms with van der Waals surface area (Å²) in [5, 5.41) is 3.37. The number of aliphatic imine (C=N–C) groups is 1. The Bertz CT molecular complexity index is 183. The maximum atomic E-state index is 5.12. The Balaban J connectivity index is 2.01. The highest BCUT2D eigenvalue weighted by molar-refractivity contribution is 5.78. The van der Waals surface area contributed by atoms with Gasteiger partial charge >= 0.3 is 0 Å². The first kappa shape index (κ1) is 7.10. The number of nitrogens with one attached hydrogen (secondary N) is 1. The second-order valence-corrected chi connectivity index (χ2v) is 3.52. The van der Waals surface area contributed by atoms with Gasteiger partial charge in [-0.1, -0.05) is 0 Å². The number of methoxy groups -OCH3 is 1. The molecule has 0 amide bonds. The number of nitrogens with zero attached hydrogens (tertiary/aromatic N) is 1. The highest BCUT2D eigenvalue weighted by Crippen LogP contribution is 2.34. The van der Waals surface area contributed by atoms with Crippen molar-refractivity contribution in [3.05, 3.63) is 0 Å². The van der Waals surface area contributed by atoms with Crippen LogP contribution in [0, 0.1) is 5.41 Å². The van der Waals surface area contributed by atoms with E-state index in [-0.39, 0.29) is 0 Å². The van der Waals surface area contributed by atoms with Crippen molar-refractivity contribution in [3.63, 3.8) is 0 Å². The zero-order valence-electron chi connectivity index (χ0n) is 6.89. The molecule has 0 radical (unpaired) electrons. The molecule has 1 fully saturated rings. The maximum absolute atomic E-state index is 5.12. The Morgan fingerprint density at radius 3 is 3.09 bits per heavy atom. The first-order valence-electron chi connectivity index (χ1n) is 4.13. The third-order valence-corrected chi connectivity index (χ3v) is 2.68. The molecule has 0 bridgehead atoms. The lowest BCUT2D eigenvalue weighted by atomic mass is 9.86. The maximum Gasteiger partial charge on any atom is 0.183 e. The highest BCUT2D eigenvalue weighted by atomic mass is 16.5. The number of rotatable bonds is 0. The van der Waals surface area contributed by atoms with Gasteiger partial charge in [-0.15, -0.1) is 0 Å². The molecule has 1 N–H and O–H groups in total. The summed E-state index contributed by atoms with van der Waals surface area (Å²) in [6, 6.07) is 0. The van der Waals surface area contributed by atoms with E-state index in [9.17, 15) is 0 Å². The molecule has 0 aromatic heterocycles. The van der Waals surface area contributed by atoms with E-state index in [1.165, 1.54) is 6.42 Å². The first-order valence-corrected chi connectivity index (χ1v) is 4.13. The van der Waals surface area contributed by atoms with Crippen molar-refractivity contribution in [1.29, 1.82) is 0 Å². The fourth-order valence-electron chi connectivity index (χ4n) is 1.91. The smallest absolute Gasteiger partial charge is 0.183 e. The predicted molar refractivity (Wildman–Crippen MR) is 43.8 cm³/mol. The van der Waals surface area contributed by atoms with Gasteiger partial charge in [-0.05, 0) is 13.0 Å². The fraction of sp³-hybridized carbons (Fsp3) is 0.875. The van der Waals surface area contributed by atoms with Crippen LogP contribution in [0.3, 0.4) is 0 Å². The van der Waals surface area contributed by atoms with Crippen molar-refractivity contribution in [1.82, 2.24) is 5.32 Å². The molecule has 0 aliphatic carbocycles. The van der Waals surface area contributed by atoms with E-state index in [0.29, 0.717) is 5.41 Å². The van der Waals surface area contributed by atoms with Gasteiger partial charge in [0.1, 0.15) is 0 Å². The van der Waals surface area contributed by atoms with Gasteiger partial charge in [0.25, 0.3) is 0 Å². The summed E-state index contributed by atoms with van der Waals surface area (Å²) in [6.07, 6.45) is 2.29. The summed E-state index contributed by atoms with van der Waals surface area (Å²) >= 11 is 0. The van der Waals surface area contributed by atoms with Gasteiger partial charge in [0.05, 0.1) is 7.11 Å². The summed E-state index contributed by atoms with van der Waals surface area (Å²) in [5.41, 5.74) is 0.422. The van der Waals surface area contributed by atoms with Gasteiger partial charge in [-0.3, -0.25) is 4.99 Å². The van der Waals surface area contributed by atoms with E-state index < -0.39 is 0 Å². The highest BCUT2D eigenvalue weighted by Gasteiger charge is 2.39. The van der Waals surface area contributed by atoms with Gasteiger partial charge in [0.2, 0.25) is 0 Å². The van der Waals surface area contributed by atoms with Gasteiger partial charge in [-0.2, -0.15) is 0 Å². The van der Waals surface area contributed by atoms with Gasteiger partial charge < -0.3 is 10.1 Å². The lowest BCUT2D eigenvalue weighted by Gasteiger charge is -2.18. The molecule has 2 heterocycles. The summed E-state index contributed by atoms with van der Waals surface area (Å²) in [6.45, 7) is 3.22. The van der Waals surface area contributed by atoms with Crippen LogP contribution in [0.2, 0.25) is 0 Å². The lowest BCUT2D eigenvalue weighted by Crippen LogP contribution is -2.25. The third-order valence-electron chi connectivity index (χ3n) is 2.68. The SMILES string of the molecule is COC1=NCC2(CCNC2)C1. The largest absolute Gasteiger partial charge is 0.484 e. The van der Waals surface area contributed by atoms with Crippen molar-refractivity contribution in [2.45, 2.75) is 12.8 Å². The average Bonchev–Trinajstić information content (AvgIpc) is 2.62. The molecule has 3 heteroatoms. The fourth-order valence-corrected chi connectivity index (χ4v) is 1.91. The second kappa shape index (κ2) is 2.48. The van der Waals surface area contributed by atoms with Crippen LogP contribution in [0.5, 0.6) is 0 Å². The van der Waals surface area contributed by atoms with Crippen LogP contribution in [-0.2, 0) is 4.74 Å². The van der Waals surface area contributed by atoms with Crippen LogP contribution < -0.4 is 5.32 Å². The van der Waals surface area contributed by atoms with Gasteiger partial charge in [0.15, 0.2) is 5.90 Å². The van der Waals surface area contributed by atoms with E-state index in [0.717, 1.165) is 32.0 Å². The van der Waals surface area contributed by atoms with Crippen LogP contribution >= 0.6 is 0 Å². The Kier molecular flexibility index (Phi) is 1.60. The molecule has 2 rings (SSSR count). The second-order valence-electron chi connectivity index (χ2n) is 3.52. The molecule has 1 atom stereocenters. The van der Waals surface area contributed by atoms with Crippen molar-refractivity contribution >= 4 is 5.90 Å². The van der Waals surface area contributed by atoms with E-state index >= 15 is 0 Å². The monoisotopic (exact) mass is 154 g/mol. The predicted octanol–water partition coefficient (Wildman–Crippen LogP) is 0.415. The van der Waals surface area contributed by atoms with E-state index in [2.05, 4.69) is 10.3 Å². The Labute approximate surface area is 66.8 Å². The van der Waals surface area contributed by atoms with E-state index in [1.54, 1.807) is 7.11 Å². The number of hydrogen-bond donors (Lipinski definition) is 1. The van der Waals surface area contributed by atoms with Crippen LogP contribution in [0.25, 0.3) is 0 Å². The van der Waals surface area contributed by atoms with Gasteiger partial charge in [-0.25, -0.2) is 0 Å². The molecule has 1 saturated heterocycles. The Morgan fingerprint density at radius 1 is 1.64 bits per heavy atom. The zero-order chi connectivity index (χ0) is 7.73. The minimum absolute atomic E-state index is 0.422. The normalized spacial score (nSPS) is 36.3. The van der Waals surface area contributed by atoms with Crippen LogP contribution in [0.4, 0.5) is 0 Å². The topological polar surface area (TPSA) is 33.6 Å². The molecule has 0 aromatic rings. The van der Waals surface area contributed by atoms with Gasteiger partial charge in [0, 0.05) is 24.9 Å². The molecule has 3 nitrogen and oxygen atoms in total. The van der Waals surface area contributed by atoms with Crippen molar-refractivity contribution in [2.24, 2.45) is 10.4 Å². The quantitative estimate of drug-likeness (QED) is 0.548. The molecule has 62 valence electrons. The molecular formula is C8H14N2O. The molecule has 0 saturated carbocycles. The number of hydrogen-bond acceptors (Lipinski definition) is 3. The van der Waals surface area contributed by atoms with E-state index in [4.69, 9.17) is 4.74 Å². The molecule has 1 unspecified atom stereocenters. The number of ether oxygens (including phenoxy) is 1.